The van der Waals surface area contributed by atoms with E-state index in [0.717, 1.165) is 13.1 Å². The predicted molar refractivity (Wildman–Crippen MR) is 76.6 cm³/mol. The molecule has 0 aromatic rings. The maximum Gasteiger partial charge on any atom is 0.147 e. The highest BCUT2D eigenvalue weighted by molar-refractivity contribution is 7.90. The van der Waals surface area contributed by atoms with Crippen LogP contribution in [0.25, 0.3) is 0 Å². The number of hydrogen-bond donors (Lipinski definition) is 1. The third-order valence-electron chi connectivity index (χ3n) is 3.79. The van der Waals surface area contributed by atoms with Gasteiger partial charge in [0.25, 0.3) is 0 Å². The van der Waals surface area contributed by atoms with E-state index in [1.54, 1.807) is 0 Å². The molecule has 1 heterocycles. The molecule has 4 nitrogen and oxygen atoms in total. The summed E-state index contributed by atoms with van der Waals surface area (Å²) in [7, 11) is -2.84. The predicted octanol–water partition coefficient (Wildman–Crippen LogP) is 1.13. The Labute approximate surface area is 112 Å². The van der Waals surface area contributed by atoms with Gasteiger partial charge in [0, 0.05) is 37.5 Å². The van der Waals surface area contributed by atoms with Crippen LogP contribution in [0.5, 0.6) is 0 Å². The summed E-state index contributed by atoms with van der Waals surface area (Å²) in [5.74, 6) is 0.906. The van der Waals surface area contributed by atoms with Crippen molar-refractivity contribution < 1.29 is 8.42 Å². The van der Waals surface area contributed by atoms with E-state index in [-0.39, 0.29) is 11.8 Å². The van der Waals surface area contributed by atoms with Crippen molar-refractivity contribution in [3.63, 3.8) is 0 Å². The molecule has 0 saturated carbocycles. The monoisotopic (exact) mass is 276 g/mol. The minimum atomic E-state index is -2.84. The van der Waals surface area contributed by atoms with Crippen molar-refractivity contribution in [2.75, 3.05) is 25.1 Å². The van der Waals surface area contributed by atoms with Gasteiger partial charge >= 0.3 is 0 Å². The average molecular weight is 276 g/mol. The molecular formula is C13H28N2O2S. The summed E-state index contributed by atoms with van der Waals surface area (Å²) in [6, 6.07) is 1.34. The van der Waals surface area contributed by atoms with Crippen LogP contribution in [0.15, 0.2) is 0 Å². The number of nitrogens with zero attached hydrogens (tertiary/aromatic N) is 1. The molecule has 0 spiro atoms. The molecule has 0 aliphatic carbocycles. The first kappa shape index (κ1) is 15.9. The van der Waals surface area contributed by atoms with Gasteiger partial charge in [-0.25, -0.2) is 8.42 Å². The van der Waals surface area contributed by atoms with Crippen LogP contribution in [0.1, 0.15) is 34.1 Å². The summed E-state index contributed by atoms with van der Waals surface area (Å²) < 4.78 is 22.3. The van der Waals surface area contributed by atoms with Crippen molar-refractivity contribution in [2.45, 2.75) is 52.2 Å². The zero-order valence-corrected chi connectivity index (χ0v) is 13.1. The first-order chi connectivity index (χ1) is 8.19. The summed E-state index contributed by atoms with van der Waals surface area (Å²) in [5.41, 5.74) is 0. The average Bonchev–Trinajstić information content (AvgIpc) is 2.57. The zero-order chi connectivity index (χ0) is 13.9. The molecule has 1 saturated heterocycles. The Morgan fingerprint density at radius 1 is 1.28 bits per heavy atom. The minimum Gasteiger partial charge on any atom is -0.310 e. The van der Waals surface area contributed by atoms with Crippen molar-refractivity contribution in [3.8, 4) is 0 Å². The topological polar surface area (TPSA) is 49.4 Å². The lowest BCUT2D eigenvalue weighted by Crippen LogP contribution is -2.42. The Morgan fingerprint density at radius 2 is 1.89 bits per heavy atom. The first-order valence-corrected chi connectivity index (χ1v) is 8.93. The molecule has 1 aliphatic heterocycles. The highest BCUT2D eigenvalue weighted by Gasteiger charge is 2.31. The Hall–Kier alpha value is -0.130. The summed E-state index contributed by atoms with van der Waals surface area (Å²) in [4.78, 5) is 2.48. The molecule has 0 unspecified atom stereocenters. The number of likely N-dealkylation sites (tertiary alicyclic amines) is 1. The van der Waals surface area contributed by atoms with E-state index in [2.05, 4.69) is 37.9 Å². The van der Waals surface area contributed by atoms with Gasteiger partial charge in [0.2, 0.25) is 0 Å². The standard InChI is InChI=1S/C13H28N2O2S/c1-10(2)15-8-11(3)13(9-15)14-12(4)6-7-18(5,16)17/h10-14H,6-9H2,1-5H3/t11-,12+,13-/m0/s1. The van der Waals surface area contributed by atoms with Crippen molar-refractivity contribution >= 4 is 9.84 Å². The zero-order valence-electron chi connectivity index (χ0n) is 12.3. The number of hydrogen-bond acceptors (Lipinski definition) is 4. The quantitative estimate of drug-likeness (QED) is 0.790. The van der Waals surface area contributed by atoms with Crippen LogP contribution in [0.2, 0.25) is 0 Å². The van der Waals surface area contributed by atoms with Crippen LogP contribution in [0.3, 0.4) is 0 Å². The third kappa shape index (κ3) is 5.24. The van der Waals surface area contributed by atoms with Gasteiger partial charge < -0.3 is 5.32 Å². The van der Waals surface area contributed by atoms with Crippen LogP contribution in [0.4, 0.5) is 0 Å². The van der Waals surface area contributed by atoms with Gasteiger partial charge in [-0.05, 0) is 33.1 Å². The molecule has 3 atom stereocenters. The van der Waals surface area contributed by atoms with Crippen molar-refractivity contribution in [1.82, 2.24) is 10.2 Å². The highest BCUT2D eigenvalue weighted by Crippen LogP contribution is 2.19. The van der Waals surface area contributed by atoms with Gasteiger partial charge in [0.1, 0.15) is 9.84 Å². The Balaban J connectivity index is 2.38. The molecule has 1 N–H and O–H groups in total. The lowest BCUT2D eigenvalue weighted by Gasteiger charge is -2.23. The summed E-state index contributed by atoms with van der Waals surface area (Å²) in [6.07, 6.45) is 2.00. The lowest BCUT2D eigenvalue weighted by atomic mass is 10.1. The van der Waals surface area contributed by atoms with Crippen molar-refractivity contribution in [1.29, 1.82) is 0 Å². The Kier molecular flexibility index (Phi) is 5.62. The second-order valence-electron chi connectivity index (χ2n) is 6.12. The Bertz CT molecular complexity index is 354. The van der Waals surface area contributed by atoms with E-state index >= 15 is 0 Å². The lowest BCUT2D eigenvalue weighted by molar-refractivity contribution is 0.262. The fourth-order valence-corrected chi connectivity index (χ4v) is 3.26. The Morgan fingerprint density at radius 3 is 2.33 bits per heavy atom. The maximum atomic E-state index is 11.1. The molecule has 18 heavy (non-hydrogen) atoms. The first-order valence-electron chi connectivity index (χ1n) is 6.87. The summed E-state index contributed by atoms with van der Waals surface area (Å²) >= 11 is 0. The van der Waals surface area contributed by atoms with E-state index in [1.807, 2.05) is 0 Å². The van der Waals surface area contributed by atoms with Crippen molar-refractivity contribution in [3.05, 3.63) is 0 Å². The molecule has 0 amide bonds. The van der Waals surface area contributed by atoms with Crippen LogP contribution in [-0.4, -0.2) is 56.5 Å². The number of nitrogens with one attached hydrogen (secondary N) is 1. The molecule has 1 rings (SSSR count). The maximum absolute atomic E-state index is 11.1. The van der Waals surface area contributed by atoms with E-state index in [9.17, 15) is 8.42 Å². The SMILES string of the molecule is CC(C)N1C[C@H](N[C@H](C)CCS(C)(=O)=O)[C@@H](C)C1. The molecular weight excluding hydrogens is 248 g/mol. The van der Waals surface area contributed by atoms with E-state index in [1.165, 1.54) is 6.26 Å². The fraction of sp³-hybridized carbons (Fsp3) is 1.00. The number of rotatable bonds is 6. The van der Waals surface area contributed by atoms with E-state index < -0.39 is 9.84 Å². The van der Waals surface area contributed by atoms with Crippen LogP contribution in [-0.2, 0) is 9.84 Å². The highest BCUT2D eigenvalue weighted by atomic mass is 32.2. The van der Waals surface area contributed by atoms with Gasteiger partial charge in [-0.15, -0.1) is 0 Å². The molecule has 0 aromatic carbocycles. The molecule has 0 aromatic heterocycles. The van der Waals surface area contributed by atoms with Gasteiger partial charge in [-0.2, -0.15) is 0 Å². The van der Waals surface area contributed by atoms with E-state index in [4.69, 9.17) is 0 Å². The molecule has 1 aliphatic rings. The normalized spacial score (nSPS) is 27.9. The van der Waals surface area contributed by atoms with Gasteiger partial charge in [0.15, 0.2) is 0 Å². The molecule has 0 radical (unpaired) electrons. The van der Waals surface area contributed by atoms with Gasteiger partial charge in [-0.3, -0.25) is 4.90 Å². The molecule has 0 bridgehead atoms. The number of sulfone groups is 1. The van der Waals surface area contributed by atoms with Gasteiger partial charge in [0.05, 0.1) is 5.75 Å². The smallest absolute Gasteiger partial charge is 0.147 e. The third-order valence-corrected chi connectivity index (χ3v) is 4.77. The molecule has 5 heteroatoms. The van der Waals surface area contributed by atoms with Gasteiger partial charge in [-0.1, -0.05) is 6.92 Å². The summed E-state index contributed by atoms with van der Waals surface area (Å²) in [5, 5.41) is 3.58. The summed E-state index contributed by atoms with van der Waals surface area (Å²) in [6.45, 7) is 11.0. The van der Waals surface area contributed by atoms with E-state index in [0.29, 0.717) is 24.4 Å². The second-order valence-corrected chi connectivity index (χ2v) is 8.38. The largest absolute Gasteiger partial charge is 0.310 e. The minimum absolute atomic E-state index is 0.263. The molecule has 108 valence electrons. The fourth-order valence-electron chi connectivity index (χ4n) is 2.48. The second kappa shape index (κ2) is 6.35. The van der Waals surface area contributed by atoms with Crippen LogP contribution >= 0.6 is 0 Å². The van der Waals surface area contributed by atoms with Crippen LogP contribution < -0.4 is 5.32 Å². The van der Waals surface area contributed by atoms with Crippen molar-refractivity contribution in [2.24, 2.45) is 5.92 Å². The van der Waals surface area contributed by atoms with Crippen LogP contribution in [0, 0.1) is 5.92 Å². The molecule has 1 fully saturated rings.